The van der Waals surface area contributed by atoms with E-state index in [1.807, 2.05) is 10.8 Å². The Kier molecular flexibility index (Phi) is 2.81. The number of ether oxygens (including phenoxy) is 1. The van der Waals surface area contributed by atoms with E-state index in [0.717, 1.165) is 6.42 Å². The van der Waals surface area contributed by atoms with Crippen molar-refractivity contribution in [3.8, 4) is 5.88 Å². The standard InChI is InChI=1S/C14H17N5O2/c15-14-17-12-11(13(18-14)21-6-8-1-2-8)16-7-19(12)4-9-3-10(9)5-20/h4,7-8,10,20H,1-3,5-6H2,(H2,15,17,18). The zero-order valence-electron chi connectivity index (χ0n) is 11.6. The summed E-state index contributed by atoms with van der Waals surface area (Å²) in [6.45, 7) is 0.845. The van der Waals surface area contributed by atoms with Gasteiger partial charge in [-0.25, -0.2) is 4.98 Å². The number of rotatable bonds is 5. The van der Waals surface area contributed by atoms with Crippen LogP contribution in [-0.4, -0.2) is 37.8 Å². The first-order valence-corrected chi connectivity index (χ1v) is 7.19. The zero-order valence-corrected chi connectivity index (χ0v) is 11.6. The van der Waals surface area contributed by atoms with Crippen molar-refractivity contribution in [1.82, 2.24) is 19.5 Å². The van der Waals surface area contributed by atoms with E-state index in [-0.39, 0.29) is 18.5 Å². The first kappa shape index (κ1) is 12.6. The lowest BCUT2D eigenvalue weighted by Gasteiger charge is -2.05. The number of nitrogen functional groups attached to an aromatic ring is 1. The molecular formula is C14H17N5O2. The van der Waals surface area contributed by atoms with Crippen LogP contribution in [0.4, 0.5) is 5.95 Å². The maximum absolute atomic E-state index is 9.10. The van der Waals surface area contributed by atoms with Gasteiger partial charge < -0.3 is 15.6 Å². The van der Waals surface area contributed by atoms with Crippen LogP contribution in [0.25, 0.3) is 17.4 Å². The summed E-state index contributed by atoms with van der Waals surface area (Å²) in [7, 11) is 0. The van der Waals surface area contributed by atoms with E-state index in [9.17, 15) is 0 Å². The van der Waals surface area contributed by atoms with Gasteiger partial charge in [0.05, 0.1) is 6.61 Å². The van der Waals surface area contributed by atoms with Gasteiger partial charge in [0.1, 0.15) is 6.33 Å². The second kappa shape index (κ2) is 4.70. The highest BCUT2D eigenvalue weighted by atomic mass is 16.5. The summed E-state index contributed by atoms with van der Waals surface area (Å²) in [6, 6.07) is 0. The highest BCUT2D eigenvalue weighted by molar-refractivity contribution is 5.79. The minimum atomic E-state index is 0.183. The Hall–Kier alpha value is -2.15. The van der Waals surface area contributed by atoms with E-state index in [0.29, 0.717) is 29.6 Å². The molecule has 2 saturated carbocycles. The molecule has 2 aliphatic rings. The predicted molar refractivity (Wildman–Crippen MR) is 77.4 cm³/mol. The van der Waals surface area contributed by atoms with Gasteiger partial charge in [-0.2, -0.15) is 9.97 Å². The molecule has 2 aliphatic carbocycles. The summed E-state index contributed by atoms with van der Waals surface area (Å²) in [5.74, 6) is 1.54. The van der Waals surface area contributed by atoms with Gasteiger partial charge >= 0.3 is 0 Å². The van der Waals surface area contributed by atoms with Crippen molar-refractivity contribution >= 4 is 23.3 Å². The van der Waals surface area contributed by atoms with Gasteiger partial charge in [0.2, 0.25) is 11.8 Å². The summed E-state index contributed by atoms with van der Waals surface area (Å²) in [5.41, 5.74) is 8.23. The zero-order chi connectivity index (χ0) is 14.4. The average molecular weight is 287 g/mol. The van der Waals surface area contributed by atoms with Crippen LogP contribution in [0.5, 0.6) is 5.88 Å². The number of aromatic nitrogens is 4. The lowest BCUT2D eigenvalue weighted by atomic mass is 10.4. The van der Waals surface area contributed by atoms with Crippen molar-refractivity contribution in [1.29, 1.82) is 0 Å². The van der Waals surface area contributed by atoms with Crippen LogP contribution in [0.2, 0.25) is 0 Å². The fourth-order valence-electron chi connectivity index (χ4n) is 2.33. The number of aliphatic hydroxyl groups is 1. The molecule has 4 rings (SSSR count). The first-order chi connectivity index (χ1) is 10.2. The fraction of sp³-hybridized carbons (Fsp3) is 0.500. The number of hydrogen-bond donors (Lipinski definition) is 2. The topological polar surface area (TPSA) is 99.1 Å². The SMILES string of the molecule is Nc1nc(OCC2CC2)c2ncn(C=C3CC3CO)c2n1. The number of fused-ring (bicyclic) bond motifs is 1. The number of imidazole rings is 1. The van der Waals surface area contributed by atoms with Crippen molar-refractivity contribution in [2.24, 2.45) is 11.8 Å². The Morgan fingerprint density at radius 2 is 2.29 bits per heavy atom. The summed E-state index contributed by atoms with van der Waals surface area (Å²) < 4.78 is 7.55. The second-order valence-corrected chi connectivity index (χ2v) is 5.75. The largest absolute Gasteiger partial charge is 0.476 e. The van der Waals surface area contributed by atoms with E-state index in [1.54, 1.807) is 6.33 Å². The van der Waals surface area contributed by atoms with Gasteiger partial charge in [-0.05, 0) is 30.8 Å². The normalized spacial score (nSPS) is 22.9. The second-order valence-electron chi connectivity index (χ2n) is 5.75. The fourth-order valence-corrected chi connectivity index (χ4v) is 2.33. The summed E-state index contributed by atoms with van der Waals surface area (Å²) in [6.07, 6.45) is 6.98. The Balaban J connectivity index is 1.68. The van der Waals surface area contributed by atoms with Crippen LogP contribution in [0, 0.1) is 11.8 Å². The third-order valence-corrected chi connectivity index (χ3v) is 3.93. The van der Waals surface area contributed by atoms with Gasteiger partial charge in [0, 0.05) is 18.7 Å². The molecule has 7 heteroatoms. The summed E-state index contributed by atoms with van der Waals surface area (Å²) in [5, 5.41) is 9.10. The number of aliphatic hydroxyl groups excluding tert-OH is 1. The van der Waals surface area contributed by atoms with Crippen LogP contribution in [-0.2, 0) is 0 Å². The van der Waals surface area contributed by atoms with Gasteiger partial charge in [-0.3, -0.25) is 4.57 Å². The number of anilines is 1. The molecular weight excluding hydrogens is 270 g/mol. The minimum Gasteiger partial charge on any atom is -0.476 e. The van der Waals surface area contributed by atoms with E-state index < -0.39 is 0 Å². The number of hydrogen-bond acceptors (Lipinski definition) is 6. The van der Waals surface area contributed by atoms with E-state index in [2.05, 4.69) is 15.0 Å². The Bertz CT molecular complexity index is 719. The molecule has 7 nitrogen and oxygen atoms in total. The van der Waals surface area contributed by atoms with Crippen LogP contribution in [0.1, 0.15) is 19.3 Å². The Morgan fingerprint density at radius 3 is 3.00 bits per heavy atom. The third-order valence-electron chi connectivity index (χ3n) is 3.93. The molecule has 2 aromatic rings. The van der Waals surface area contributed by atoms with Gasteiger partial charge in [-0.15, -0.1) is 0 Å². The summed E-state index contributed by atoms with van der Waals surface area (Å²) in [4.78, 5) is 12.7. The molecule has 3 N–H and O–H groups in total. The lowest BCUT2D eigenvalue weighted by Crippen LogP contribution is -2.05. The molecule has 0 amide bonds. The van der Waals surface area contributed by atoms with Crippen LogP contribution >= 0.6 is 0 Å². The van der Waals surface area contributed by atoms with E-state index >= 15 is 0 Å². The average Bonchev–Trinajstić information content (AvgIpc) is 3.37. The maximum atomic E-state index is 9.10. The summed E-state index contributed by atoms with van der Waals surface area (Å²) >= 11 is 0. The van der Waals surface area contributed by atoms with Crippen molar-refractivity contribution in [3.63, 3.8) is 0 Å². The van der Waals surface area contributed by atoms with Gasteiger partial charge in [0.15, 0.2) is 11.2 Å². The highest BCUT2D eigenvalue weighted by Gasteiger charge is 2.29. The van der Waals surface area contributed by atoms with Gasteiger partial charge in [0.25, 0.3) is 0 Å². The van der Waals surface area contributed by atoms with Crippen molar-refractivity contribution in [3.05, 3.63) is 11.9 Å². The molecule has 0 saturated heterocycles. The minimum absolute atomic E-state index is 0.183. The van der Waals surface area contributed by atoms with E-state index in [1.165, 1.54) is 18.4 Å². The van der Waals surface area contributed by atoms with Crippen molar-refractivity contribution in [2.75, 3.05) is 18.9 Å². The molecule has 21 heavy (non-hydrogen) atoms. The molecule has 2 heterocycles. The van der Waals surface area contributed by atoms with E-state index in [4.69, 9.17) is 15.6 Å². The van der Waals surface area contributed by atoms with Crippen molar-refractivity contribution in [2.45, 2.75) is 19.3 Å². The molecule has 0 aromatic carbocycles. The maximum Gasteiger partial charge on any atom is 0.247 e. The van der Waals surface area contributed by atoms with Crippen LogP contribution in [0.3, 0.4) is 0 Å². The number of nitrogens with zero attached hydrogens (tertiary/aromatic N) is 4. The molecule has 0 aliphatic heterocycles. The van der Waals surface area contributed by atoms with Crippen LogP contribution < -0.4 is 10.5 Å². The molecule has 110 valence electrons. The predicted octanol–water partition coefficient (Wildman–Crippen LogP) is 1.05. The third kappa shape index (κ3) is 2.44. The van der Waals surface area contributed by atoms with Gasteiger partial charge in [-0.1, -0.05) is 0 Å². The lowest BCUT2D eigenvalue weighted by molar-refractivity contribution is 0.281. The number of nitrogens with two attached hydrogens (primary N) is 1. The van der Waals surface area contributed by atoms with Crippen molar-refractivity contribution < 1.29 is 9.84 Å². The Labute approximate surface area is 121 Å². The first-order valence-electron chi connectivity index (χ1n) is 7.19. The van der Waals surface area contributed by atoms with Crippen LogP contribution in [0.15, 0.2) is 11.9 Å². The molecule has 0 bridgehead atoms. The molecule has 0 spiro atoms. The Morgan fingerprint density at radius 1 is 1.43 bits per heavy atom. The smallest absolute Gasteiger partial charge is 0.247 e. The molecule has 1 atom stereocenters. The monoisotopic (exact) mass is 287 g/mol. The molecule has 0 radical (unpaired) electrons. The molecule has 2 aromatic heterocycles. The molecule has 2 fully saturated rings. The molecule has 1 unspecified atom stereocenters. The quantitative estimate of drug-likeness (QED) is 0.852. The highest BCUT2D eigenvalue weighted by Crippen LogP contribution is 2.38.